The number of carbonyl (C=O) groups excluding carboxylic acids is 2. The number of ether oxygens (including phenoxy) is 1. The highest BCUT2D eigenvalue weighted by molar-refractivity contribution is 5.91. The molecule has 3 nitrogen and oxygen atoms in total. The molecule has 0 radical (unpaired) electrons. The third kappa shape index (κ3) is 2.98. The first kappa shape index (κ1) is 11.0. The Morgan fingerprint density at radius 1 is 1.57 bits per heavy atom. The van der Waals surface area contributed by atoms with E-state index in [9.17, 15) is 9.59 Å². The van der Waals surface area contributed by atoms with Gasteiger partial charge in [0.05, 0.1) is 6.42 Å². The van der Waals surface area contributed by atoms with Crippen LogP contribution in [0.5, 0.6) is 0 Å². The Morgan fingerprint density at radius 2 is 2.21 bits per heavy atom. The van der Waals surface area contributed by atoms with Gasteiger partial charge >= 0.3 is 5.97 Å². The number of hydrogen-bond donors (Lipinski definition) is 0. The average molecular weight is 196 g/mol. The van der Waals surface area contributed by atoms with Crippen molar-refractivity contribution >= 4 is 11.8 Å². The Bertz CT molecular complexity index is 287. The van der Waals surface area contributed by atoms with Crippen LogP contribution in [0.2, 0.25) is 0 Å². The first-order chi connectivity index (χ1) is 6.41. The van der Waals surface area contributed by atoms with Crippen molar-refractivity contribution in [3.63, 3.8) is 0 Å². The minimum absolute atomic E-state index is 0.0298. The molecular formula is C11H16O3. The predicted molar refractivity (Wildman–Crippen MR) is 52.8 cm³/mol. The van der Waals surface area contributed by atoms with Gasteiger partial charge in [0.1, 0.15) is 5.60 Å². The van der Waals surface area contributed by atoms with E-state index in [1.807, 2.05) is 20.8 Å². The number of allylic oxidation sites excluding steroid dienone is 2. The smallest absolute Gasteiger partial charge is 0.306 e. The van der Waals surface area contributed by atoms with E-state index in [-0.39, 0.29) is 11.8 Å². The quantitative estimate of drug-likeness (QED) is 0.512. The highest BCUT2D eigenvalue weighted by Crippen LogP contribution is 2.29. The standard InChI is InChI=1S/C11H16O3/c1-8(2)6-9(12)7-11(3)5-4-10(13)14-11/h6H,4-5,7H2,1-3H3. The summed E-state index contributed by atoms with van der Waals surface area (Å²) in [5.74, 6) is -0.167. The molecule has 0 N–H and O–H groups in total. The summed E-state index contributed by atoms with van der Waals surface area (Å²) < 4.78 is 5.11. The normalized spacial score (nSPS) is 25.8. The Kier molecular flexibility index (Phi) is 3.09. The summed E-state index contributed by atoms with van der Waals surface area (Å²) in [5, 5.41) is 0. The number of carbonyl (C=O) groups is 2. The van der Waals surface area contributed by atoms with Gasteiger partial charge in [-0.25, -0.2) is 0 Å². The molecule has 1 aliphatic rings. The van der Waals surface area contributed by atoms with Gasteiger partial charge in [-0.3, -0.25) is 9.59 Å². The second kappa shape index (κ2) is 3.95. The van der Waals surface area contributed by atoms with Gasteiger partial charge in [0.2, 0.25) is 0 Å². The van der Waals surface area contributed by atoms with Crippen LogP contribution in [0.1, 0.15) is 40.0 Å². The Balaban J connectivity index is 2.56. The molecule has 1 unspecified atom stereocenters. The third-order valence-corrected chi connectivity index (χ3v) is 2.22. The summed E-state index contributed by atoms with van der Waals surface area (Å²) in [7, 11) is 0. The number of ketones is 1. The van der Waals surface area contributed by atoms with Gasteiger partial charge in [0.15, 0.2) is 5.78 Å². The van der Waals surface area contributed by atoms with Crippen LogP contribution in [0.3, 0.4) is 0 Å². The van der Waals surface area contributed by atoms with Crippen molar-refractivity contribution in [2.24, 2.45) is 0 Å². The van der Waals surface area contributed by atoms with Gasteiger partial charge in [0.25, 0.3) is 0 Å². The third-order valence-electron chi connectivity index (χ3n) is 2.22. The molecule has 0 aliphatic carbocycles. The lowest BCUT2D eigenvalue weighted by Gasteiger charge is -2.20. The lowest BCUT2D eigenvalue weighted by Crippen LogP contribution is -2.27. The van der Waals surface area contributed by atoms with Gasteiger partial charge < -0.3 is 4.74 Å². The van der Waals surface area contributed by atoms with E-state index in [0.29, 0.717) is 19.3 Å². The van der Waals surface area contributed by atoms with Crippen LogP contribution >= 0.6 is 0 Å². The largest absolute Gasteiger partial charge is 0.459 e. The van der Waals surface area contributed by atoms with Crippen LogP contribution in [0, 0.1) is 0 Å². The topological polar surface area (TPSA) is 43.4 Å². The van der Waals surface area contributed by atoms with Gasteiger partial charge in [-0.15, -0.1) is 0 Å². The zero-order valence-corrected chi connectivity index (χ0v) is 8.92. The van der Waals surface area contributed by atoms with Crippen molar-refractivity contribution < 1.29 is 14.3 Å². The predicted octanol–water partition coefficient (Wildman–Crippen LogP) is 2.01. The fourth-order valence-electron chi connectivity index (χ4n) is 1.61. The van der Waals surface area contributed by atoms with Gasteiger partial charge in [-0.2, -0.15) is 0 Å². The zero-order valence-electron chi connectivity index (χ0n) is 8.92. The fourth-order valence-corrected chi connectivity index (χ4v) is 1.61. The molecule has 1 atom stereocenters. The molecule has 1 rings (SSSR count). The lowest BCUT2D eigenvalue weighted by molar-refractivity contribution is -0.148. The number of esters is 1. The summed E-state index contributed by atoms with van der Waals surface area (Å²) in [6.45, 7) is 5.57. The summed E-state index contributed by atoms with van der Waals surface area (Å²) in [4.78, 5) is 22.4. The summed E-state index contributed by atoms with van der Waals surface area (Å²) in [6, 6.07) is 0. The monoisotopic (exact) mass is 196 g/mol. The zero-order chi connectivity index (χ0) is 10.8. The number of hydrogen-bond acceptors (Lipinski definition) is 3. The van der Waals surface area contributed by atoms with Crippen LogP contribution in [-0.4, -0.2) is 17.4 Å². The number of rotatable bonds is 3. The van der Waals surface area contributed by atoms with Gasteiger partial charge in [-0.1, -0.05) is 5.57 Å². The molecule has 0 aromatic carbocycles. The van der Waals surface area contributed by atoms with Crippen molar-refractivity contribution in [1.82, 2.24) is 0 Å². The fraction of sp³-hybridized carbons (Fsp3) is 0.636. The maximum absolute atomic E-state index is 11.5. The highest BCUT2D eigenvalue weighted by atomic mass is 16.6. The van der Waals surface area contributed by atoms with Crippen molar-refractivity contribution in [2.75, 3.05) is 0 Å². The molecule has 14 heavy (non-hydrogen) atoms. The van der Waals surface area contributed by atoms with E-state index >= 15 is 0 Å². The summed E-state index contributed by atoms with van der Waals surface area (Å²) in [6.07, 6.45) is 2.97. The molecule has 0 aromatic rings. The lowest BCUT2D eigenvalue weighted by atomic mass is 9.95. The van der Waals surface area contributed by atoms with Crippen molar-refractivity contribution in [3.8, 4) is 0 Å². The van der Waals surface area contributed by atoms with E-state index < -0.39 is 5.60 Å². The van der Waals surface area contributed by atoms with Crippen LogP contribution in [-0.2, 0) is 14.3 Å². The highest BCUT2D eigenvalue weighted by Gasteiger charge is 2.36. The molecule has 1 heterocycles. The molecule has 0 amide bonds. The first-order valence-corrected chi connectivity index (χ1v) is 4.81. The summed E-state index contributed by atoms with van der Waals surface area (Å²) >= 11 is 0. The van der Waals surface area contributed by atoms with E-state index in [4.69, 9.17) is 4.74 Å². The molecule has 78 valence electrons. The van der Waals surface area contributed by atoms with Crippen molar-refractivity contribution in [3.05, 3.63) is 11.6 Å². The molecule has 3 heteroatoms. The van der Waals surface area contributed by atoms with Crippen molar-refractivity contribution in [2.45, 2.75) is 45.6 Å². The van der Waals surface area contributed by atoms with E-state index in [0.717, 1.165) is 5.57 Å². The maximum Gasteiger partial charge on any atom is 0.306 e. The Labute approximate surface area is 84.1 Å². The van der Waals surface area contributed by atoms with E-state index in [1.54, 1.807) is 6.08 Å². The Morgan fingerprint density at radius 3 is 2.64 bits per heavy atom. The average Bonchev–Trinajstić information content (AvgIpc) is 2.28. The van der Waals surface area contributed by atoms with Gasteiger partial charge in [0, 0.05) is 6.42 Å². The molecule has 0 bridgehead atoms. The van der Waals surface area contributed by atoms with Crippen LogP contribution in [0.4, 0.5) is 0 Å². The summed E-state index contributed by atoms with van der Waals surface area (Å²) in [5.41, 5.74) is 0.406. The van der Waals surface area contributed by atoms with Crippen LogP contribution in [0.15, 0.2) is 11.6 Å². The molecule has 1 fully saturated rings. The maximum atomic E-state index is 11.5. The van der Waals surface area contributed by atoms with Gasteiger partial charge in [-0.05, 0) is 33.3 Å². The van der Waals surface area contributed by atoms with Crippen molar-refractivity contribution in [1.29, 1.82) is 0 Å². The van der Waals surface area contributed by atoms with Crippen LogP contribution < -0.4 is 0 Å². The molecular weight excluding hydrogens is 180 g/mol. The first-order valence-electron chi connectivity index (χ1n) is 4.81. The minimum atomic E-state index is -0.569. The molecule has 1 saturated heterocycles. The second-order valence-corrected chi connectivity index (χ2v) is 4.29. The number of cyclic esters (lactones) is 1. The van der Waals surface area contributed by atoms with Crippen LogP contribution in [0.25, 0.3) is 0 Å². The Hall–Kier alpha value is -1.12. The second-order valence-electron chi connectivity index (χ2n) is 4.29. The molecule has 0 aromatic heterocycles. The SMILES string of the molecule is CC(C)=CC(=O)CC1(C)CCC(=O)O1. The minimum Gasteiger partial charge on any atom is -0.459 e. The van der Waals surface area contributed by atoms with E-state index in [2.05, 4.69) is 0 Å². The van der Waals surface area contributed by atoms with E-state index in [1.165, 1.54) is 0 Å². The molecule has 0 spiro atoms. The molecule has 1 aliphatic heterocycles. The molecule has 0 saturated carbocycles.